The molecule has 0 saturated heterocycles. The molecule has 30 atom stereocenters. The van der Waals surface area contributed by atoms with Crippen LogP contribution in [-0.4, -0.2) is 0 Å². The third-order valence-corrected chi connectivity index (χ3v) is 27.8. The lowest BCUT2D eigenvalue weighted by Crippen LogP contribution is -2.75. The SMILES string of the molecule is C1CCC2C(C1)CC1C3CCC4=C5C6C(CC4)CC4C7CCC8C(CC9CCCC%10CCCC8C%109)C7CC7C8CCC9CCC%10CC2C1C1C%10C9C8C(C6C47)C1C53. The molecule has 0 aliphatic heterocycles. The lowest BCUT2D eigenvalue weighted by Gasteiger charge is -2.80. The maximum atomic E-state index is 2.35. The summed E-state index contributed by atoms with van der Waals surface area (Å²) < 4.78 is 0. The van der Waals surface area contributed by atoms with Gasteiger partial charge in [-0.25, -0.2) is 0 Å². The fraction of sp³-hybridized carbons (Fsp3) is 0.965. The van der Waals surface area contributed by atoms with Gasteiger partial charge in [-0.2, -0.15) is 0 Å². The Bertz CT molecular complexity index is 1750. The van der Waals surface area contributed by atoms with E-state index >= 15 is 0 Å². The quantitative estimate of drug-likeness (QED) is 0.216. The van der Waals surface area contributed by atoms with Crippen molar-refractivity contribution in [1.82, 2.24) is 0 Å². The summed E-state index contributed by atoms with van der Waals surface area (Å²) in [4.78, 5) is 0. The molecule has 17 aliphatic carbocycles. The van der Waals surface area contributed by atoms with Gasteiger partial charge in [0.2, 0.25) is 0 Å². The Morgan fingerprint density at radius 2 is 0.772 bits per heavy atom. The summed E-state index contributed by atoms with van der Waals surface area (Å²) in [6, 6.07) is 0. The number of rotatable bonds is 0. The molecule has 0 spiro atoms. The normalized spacial score (nSPS) is 68.6. The van der Waals surface area contributed by atoms with Crippen LogP contribution in [0.5, 0.6) is 0 Å². The minimum absolute atomic E-state index is 1.09. The van der Waals surface area contributed by atoms with Crippen molar-refractivity contribution in [3.63, 3.8) is 0 Å². The van der Waals surface area contributed by atoms with Crippen LogP contribution in [0.15, 0.2) is 11.1 Å². The number of hydrogen-bond acceptors (Lipinski definition) is 0. The van der Waals surface area contributed by atoms with Gasteiger partial charge in [0, 0.05) is 0 Å². The Hall–Kier alpha value is -0.260. The molecule has 0 nitrogen and oxygen atoms in total. The molecule has 57 heavy (non-hydrogen) atoms. The molecule has 0 heteroatoms. The van der Waals surface area contributed by atoms with Crippen LogP contribution in [-0.2, 0) is 0 Å². The summed E-state index contributed by atoms with van der Waals surface area (Å²) in [6.45, 7) is 0. The minimum atomic E-state index is 1.09. The fourth-order valence-electron chi connectivity index (χ4n) is 27.8. The summed E-state index contributed by atoms with van der Waals surface area (Å²) in [5.41, 5.74) is 4.51. The van der Waals surface area contributed by atoms with Gasteiger partial charge in [-0.05, 0) is 287 Å². The van der Waals surface area contributed by atoms with Crippen molar-refractivity contribution in [3.8, 4) is 0 Å². The number of fused-ring (bicyclic) bond motifs is 9. The van der Waals surface area contributed by atoms with Gasteiger partial charge >= 0.3 is 0 Å². The van der Waals surface area contributed by atoms with Crippen LogP contribution in [0.25, 0.3) is 0 Å². The Balaban J connectivity index is 0.830. The van der Waals surface area contributed by atoms with E-state index < -0.39 is 0 Å². The molecule has 15 saturated carbocycles. The first kappa shape index (κ1) is 33.3. The lowest BCUT2D eigenvalue weighted by molar-refractivity contribution is -0.310. The molecule has 308 valence electrons. The van der Waals surface area contributed by atoms with Gasteiger partial charge in [-0.15, -0.1) is 0 Å². The van der Waals surface area contributed by atoms with Gasteiger partial charge in [-0.1, -0.05) is 62.5 Å². The van der Waals surface area contributed by atoms with Gasteiger partial charge in [-0.3, -0.25) is 0 Å². The molecule has 30 unspecified atom stereocenters. The molecule has 17 rings (SSSR count). The van der Waals surface area contributed by atoms with Crippen LogP contribution >= 0.6 is 0 Å². The first-order valence-corrected chi connectivity index (χ1v) is 28.0. The van der Waals surface area contributed by atoms with Crippen molar-refractivity contribution < 1.29 is 0 Å². The summed E-state index contributed by atoms with van der Waals surface area (Å²) >= 11 is 0. The van der Waals surface area contributed by atoms with Crippen molar-refractivity contribution >= 4 is 0 Å². The Morgan fingerprint density at radius 1 is 0.228 bits per heavy atom. The topological polar surface area (TPSA) is 0 Å². The van der Waals surface area contributed by atoms with Crippen LogP contribution in [0.1, 0.15) is 161 Å². The maximum Gasteiger partial charge on any atom is -0.0132 e. The average molecular weight is 765 g/mol. The van der Waals surface area contributed by atoms with E-state index in [0.717, 1.165) is 107 Å². The second kappa shape index (κ2) is 11.5. The second-order valence-electron chi connectivity index (χ2n) is 27.5. The highest BCUT2D eigenvalue weighted by Crippen LogP contribution is 2.83. The first-order valence-electron chi connectivity index (χ1n) is 28.0. The molecule has 0 aromatic rings. The van der Waals surface area contributed by atoms with Gasteiger partial charge in [0.1, 0.15) is 0 Å². The molecule has 0 amide bonds. The van der Waals surface area contributed by atoms with E-state index in [4.69, 9.17) is 0 Å². The van der Waals surface area contributed by atoms with Crippen LogP contribution < -0.4 is 0 Å². The molecule has 15 fully saturated rings. The van der Waals surface area contributed by atoms with E-state index in [1.54, 1.807) is 161 Å². The zero-order chi connectivity index (χ0) is 36.2. The van der Waals surface area contributed by atoms with Crippen molar-refractivity contribution in [2.75, 3.05) is 0 Å². The van der Waals surface area contributed by atoms with Gasteiger partial charge in [0.25, 0.3) is 0 Å². The molecule has 0 aromatic carbocycles. The maximum absolute atomic E-state index is 2.35. The second-order valence-corrected chi connectivity index (χ2v) is 27.5. The van der Waals surface area contributed by atoms with Gasteiger partial charge < -0.3 is 0 Å². The van der Waals surface area contributed by atoms with Crippen LogP contribution in [0, 0.1) is 178 Å². The highest BCUT2D eigenvalue weighted by atomic mass is 14.8. The Morgan fingerprint density at radius 3 is 1.74 bits per heavy atom. The zero-order valence-corrected chi connectivity index (χ0v) is 36.0. The number of allylic oxidation sites excluding steroid dienone is 2. The zero-order valence-electron chi connectivity index (χ0n) is 36.0. The predicted octanol–water partition coefficient (Wildman–Crippen LogP) is 13.8. The summed E-state index contributed by atoms with van der Waals surface area (Å²) in [5.74, 6) is 34.8. The highest BCUT2D eigenvalue weighted by molar-refractivity contribution is 5.38. The molecule has 17 aliphatic rings. The Kier molecular flexibility index (Phi) is 6.70. The third kappa shape index (κ3) is 3.88. The van der Waals surface area contributed by atoms with Crippen LogP contribution in [0.4, 0.5) is 0 Å². The monoisotopic (exact) mass is 765 g/mol. The predicted molar refractivity (Wildman–Crippen MR) is 227 cm³/mol. The molecule has 0 bridgehead atoms. The van der Waals surface area contributed by atoms with Gasteiger partial charge in [0.05, 0.1) is 0 Å². The minimum Gasteiger partial charge on any atom is -0.0704 e. The van der Waals surface area contributed by atoms with E-state index in [-0.39, 0.29) is 0 Å². The molecule has 0 radical (unpaired) electrons. The van der Waals surface area contributed by atoms with E-state index in [1.807, 2.05) is 0 Å². The molecular weight excluding hydrogens is 685 g/mol. The van der Waals surface area contributed by atoms with E-state index in [0.29, 0.717) is 0 Å². The van der Waals surface area contributed by atoms with Crippen LogP contribution in [0.2, 0.25) is 0 Å². The van der Waals surface area contributed by atoms with Gasteiger partial charge in [0.15, 0.2) is 0 Å². The Labute approximate surface area is 347 Å². The van der Waals surface area contributed by atoms with E-state index in [1.165, 1.54) is 71.0 Å². The standard InChI is InChI=1S/C57H80/c1-2-9-33-29(5-1)21-43-37-17-15-27-12-14-32-24-42-35-20-19-34-36-10-4-7-26-6-3-8-30(45(26)36)22-39(34)40(35)25-44-38-18-16-28-11-13-31-23-41(33)50(43)54-48(31)47(28)53(38)57-55(51(42)44)49(32)46(27)52(37)56(54)57/h26,28-45,47-57H,1-25H2. The summed E-state index contributed by atoms with van der Waals surface area (Å²) in [7, 11) is 0. The average Bonchev–Trinajstić information content (AvgIpc) is 3.26. The highest BCUT2D eigenvalue weighted by Gasteiger charge is 2.78. The third-order valence-electron chi connectivity index (χ3n) is 27.8. The molecular formula is C57H80. The smallest absolute Gasteiger partial charge is 0.0132 e. The van der Waals surface area contributed by atoms with E-state index in [9.17, 15) is 0 Å². The lowest BCUT2D eigenvalue weighted by atomic mass is 9.24. The molecule has 0 aromatic heterocycles. The molecule has 0 N–H and O–H groups in total. The van der Waals surface area contributed by atoms with E-state index in [2.05, 4.69) is 11.1 Å². The van der Waals surface area contributed by atoms with Crippen molar-refractivity contribution in [3.05, 3.63) is 11.1 Å². The van der Waals surface area contributed by atoms with Crippen molar-refractivity contribution in [2.24, 2.45) is 178 Å². The first-order chi connectivity index (χ1) is 28.3. The summed E-state index contributed by atoms with van der Waals surface area (Å²) in [6.07, 6.45) is 41.5. The van der Waals surface area contributed by atoms with Crippen molar-refractivity contribution in [2.45, 2.75) is 161 Å². The summed E-state index contributed by atoms with van der Waals surface area (Å²) in [5, 5.41) is 0. The fourth-order valence-corrected chi connectivity index (χ4v) is 27.8. The molecule has 0 heterocycles. The van der Waals surface area contributed by atoms with Crippen molar-refractivity contribution in [1.29, 1.82) is 0 Å². The number of hydrogen-bond donors (Lipinski definition) is 0. The largest absolute Gasteiger partial charge is 0.0704 e. The van der Waals surface area contributed by atoms with Crippen LogP contribution in [0.3, 0.4) is 0 Å².